The second-order valence-corrected chi connectivity index (χ2v) is 5.22. The Morgan fingerprint density at radius 1 is 1.16 bits per heavy atom. The van der Waals surface area contributed by atoms with Crippen molar-refractivity contribution in [3.63, 3.8) is 0 Å². The first-order valence-electron chi connectivity index (χ1n) is 7.17. The van der Waals surface area contributed by atoms with Crippen LogP contribution < -0.4 is 10.5 Å². The lowest BCUT2D eigenvalue weighted by molar-refractivity contribution is 0.115. The average molecular weight is 264 g/mol. The van der Waals surface area contributed by atoms with Crippen molar-refractivity contribution < 1.29 is 4.74 Å². The van der Waals surface area contributed by atoms with Gasteiger partial charge >= 0.3 is 0 Å². The molecule has 0 fully saturated rings. The summed E-state index contributed by atoms with van der Waals surface area (Å²) in [5.41, 5.74) is 7.43. The molecule has 1 unspecified atom stereocenters. The van der Waals surface area contributed by atoms with E-state index in [9.17, 15) is 0 Å². The number of nitrogens with two attached hydrogens (primary N) is 1. The van der Waals surface area contributed by atoms with Crippen LogP contribution in [0.15, 0.2) is 24.3 Å². The standard InChI is InChI=1S/C16H28N2O/c1-5-18(6-2)16(3,13-17)12-11-14-7-9-15(19-4)10-8-14/h7-10H,5-6,11-13,17H2,1-4H3. The van der Waals surface area contributed by atoms with E-state index in [-0.39, 0.29) is 5.54 Å². The third-order valence-electron chi connectivity index (χ3n) is 4.08. The van der Waals surface area contributed by atoms with Gasteiger partial charge < -0.3 is 10.5 Å². The molecular formula is C16H28N2O. The third kappa shape index (κ3) is 4.22. The van der Waals surface area contributed by atoms with E-state index in [1.54, 1.807) is 7.11 Å². The molecule has 0 saturated carbocycles. The van der Waals surface area contributed by atoms with Crippen LogP contribution in [-0.4, -0.2) is 37.2 Å². The summed E-state index contributed by atoms with van der Waals surface area (Å²) in [6.45, 7) is 9.46. The van der Waals surface area contributed by atoms with Crippen LogP contribution in [0.4, 0.5) is 0 Å². The second-order valence-electron chi connectivity index (χ2n) is 5.22. The maximum atomic E-state index is 6.01. The first-order chi connectivity index (χ1) is 9.09. The summed E-state index contributed by atoms with van der Waals surface area (Å²) in [5.74, 6) is 0.911. The van der Waals surface area contributed by atoms with Gasteiger partial charge in [0.1, 0.15) is 5.75 Å². The van der Waals surface area contributed by atoms with Gasteiger partial charge in [0.15, 0.2) is 0 Å². The first kappa shape index (κ1) is 16.0. The van der Waals surface area contributed by atoms with Crippen molar-refractivity contribution in [1.82, 2.24) is 4.90 Å². The van der Waals surface area contributed by atoms with Gasteiger partial charge in [-0.15, -0.1) is 0 Å². The Hall–Kier alpha value is -1.06. The minimum absolute atomic E-state index is 0.0867. The second kappa shape index (κ2) is 7.51. The van der Waals surface area contributed by atoms with Gasteiger partial charge in [0.25, 0.3) is 0 Å². The molecule has 1 atom stereocenters. The Bertz CT molecular complexity index is 360. The lowest BCUT2D eigenvalue weighted by Crippen LogP contribution is -2.51. The van der Waals surface area contributed by atoms with E-state index in [1.807, 2.05) is 12.1 Å². The minimum Gasteiger partial charge on any atom is -0.497 e. The molecule has 2 N–H and O–H groups in total. The van der Waals surface area contributed by atoms with Gasteiger partial charge in [0, 0.05) is 12.1 Å². The number of methoxy groups -OCH3 is 1. The van der Waals surface area contributed by atoms with E-state index in [0.717, 1.165) is 31.7 Å². The number of aryl methyl sites for hydroxylation is 1. The zero-order valence-corrected chi connectivity index (χ0v) is 12.8. The molecule has 0 saturated heterocycles. The number of hydrogen-bond acceptors (Lipinski definition) is 3. The Kier molecular flexibility index (Phi) is 6.32. The third-order valence-corrected chi connectivity index (χ3v) is 4.08. The maximum Gasteiger partial charge on any atom is 0.118 e. The molecule has 19 heavy (non-hydrogen) atoms. The van der Waals surface area contributed by atoms with Crippen molar-refractivity contribution in [1.29, 1.82) is 0 Å². The number of hydrogen-bond donors (Lipinski definition) is 1. The normalized spacial score (nSPS) is 14.4. The van der Waals surface area contributed by atoms with E-state index in [1.165, 1.54) is 5.56 Å². The van der Waals surface area contributed by atoms with Gasteiger partial charge in [-0.25, -0.2) is 0 Å². The van der Waals surface area contributed by atoms with Crippen LogP contribution in [0.25, 0.3) is 0 Å². The Balaban J connectivity index is 2.65. The van der Waals surface area contributed by atoms with Crippen molar-refractivity contribution in [2.45, 2.75) is 39.2 Å². The summed E-state index contributed by atoms with van der Waals surface area (Å²) < 4.78 is 5.18. The molecule has 1 rings (SSSR count). The fourth-order valence-electron chi connectivity index (χ4n) is 2.58. The highest BCUT2D eigenvalue weighted by molar-refractivity contribution is 5.27. The van der Waals surface area contributed by atoms with Gasteiger partial charge in [-0.05, 0) is 50.6 Å². The maximum absolute atomic E-state index is 6.01. The summed E-state index contributed by atoms with van der Waals surface area (Å²) in [5, 5.41) is 0. The summed E-state index contributed by atoms with van der Waals surface area (Å²) in [4.78, 5) is 2.45. The Labute approximate surface area is 117 Å². The van der Waals surface area contributed by atoms with E-state index < -0.39 is 0 Å². The van der Waals surface area contributed by atoms with Crippen LogP contribution in [0, 0.1) is 0 Å². The lowest BCUT2D eigenvalue weighted by Gasteiger charge is -2.39. The average Bonchev–Trinajstić information content (AvgIpc) is 2.47. The lowest BCUT2D eigenvalue weighted by atomic mass is 9.91. The summed E-state index contributed by atoms with van der Waals surface area (Å²) >= 11 is 0. The summed E-state index contributed by atoms with van der Waals surface area (Å²) in [7, 11) is 1.70. The van der Waals surface area contributed by atoms with Gasteiger partial charge in [0.05, 0.1) is 7.11 Å². The molecule has 0 radical (unpaired) electrons. The molecule has 0 heterocycles. The van der Waals surface area contributed by atoms with Crippen LogP contribution in [0.5, 0.6) is 5.75 Å². The minimum atomic E-state index is 0.0867. The predicted octanol–water partition coefficient (Wildman–Crippen LogP) is 2.69. The molecule has 0 aliphatic rings. The fraction of sp³-hybridized carbons (Fsp3) is 0.625. The van der Waals surface area contributed by atoms with Gasteiger partial charge in [-0.2, -0.15) is 0 Å². The molecule has 0 spiro atoms. The molecule has 108 valence electrons. The number of ether oxygens (including phenoxy) is 1. The largest absolute Gasteiger partial charge is 0.497 e. The number of benzene rings is 1. The molecule has 3 nitrogen and oxygen atoms in total. The first-order valence-corrected chi connectivity index (χ1v) is 7.17. The van der Waals surface area contributed by atoms with E-state index >= 15 is 0 Å². The molecule has 0 aliphatic heterocycles. The smallest absolute Gasteiger partial charge is 0.118 e. The number of nitrogens with zero attached hydrogens (tertiary/aromatic N) is 1. The molecule has 0 aromatic heterocycles. The molecule has 0 amide bonds. The van der Waals surface area contributed by atoms with Gasteiger partial charge in [-0.1, -0.05) is 26.0 Å². The van der Waals surface area contributed by atoms with Gasteiger partial charge in [-0.3, -0.25) is 4.90 Å². The Morgan fingerprint density at radius 3 is 2.16 bits per heavy atom. The van der Waals surface area contributed by atoms with Crippen molar-refractivity contribution >= 4 is 0 Å². The van der Waals surface area contributed by atoms with Crippen molar-refractivity contribution in [3.05, 3.63) is 29.8 Å². The van der Waals surface area contributed by atoms with Crippen LogP contribution in [0.3, 0.4) is 0 Å². The van der Waals surface area contributed by atoms with Crippen LogP contribution >= 0.6 is 0 Å². The van der Waals surface area contributed by atoms with Crippen molar-refractivity contribution in [2.24, 2.45) is 5.73 Å². The predicted molar refractivity (Wildman–Crippen MR) is 81.7 cm³/mol. The molecule has 3 heteroatoms. The molecule has 0 bridgehead atoms. The van der Waals surface area contributed by atoms with E-state index in [0.29, 0.717) is 6.54 Å². The molecule has 0 aliphatic carbocycles. The zero-order valence-electron chi connectivity index (χ0n) is 12.8. The molecular weight excluding hydrogens is 236 g/mol. The Morgan fingerprint density at radius 2 is 1.74 bits per heavy atom. The highest BCUT2D eigenvalue weighted by atomic mass is 16.5. The quantitative estimate of drug-likeness (QED) is 0.784. The van der Waals surface area contributed by atoms with Gasteiger partial charge in [0.2, 0.25) is 0 Å². The van der Waals surface area contributed by atoms with Crippen LogP contribution in [-0.2, 0) is 6.42 Å². The molecule has 1 aromatic rings. The summed E-state index contributed by atoms with van der Waals surface area (Å²) in [6.07, 6.45) is 2.13. The van der Waals surface area contributed by atoms with Crippen LogP contribution in [0.1, 0.15) is 32.8 Å². The fourth-order valence-corrected chi connectivity index (χ4v) is 2.58. The van der Waals surface area contributed by atoms with E-state index in [2.05, 4.69) is 37.8 Å². The van der Waals surface area contributed by atoms with Crippen LogP contribution in [0.2, 0.25) is 0 Å². The zero-order chi connectivity index (χ0) is 14.3. The van der Waals surface area contributed by atoms with Crippen molar-refractivity contribution in [2.75, 3.05) is 26.7 Å². The number of rotatable bonds is 8. The number of likely N-dealkylation sites (N-methyl/N-ethyl adjacent to an activating group) is 1. The van der Waals surface area contributed by atoms with E-state index in [4.69, 9.17) is 10.5 Å². The molecule has 1 aromatic carbocycles. The highest BCUT2D eigenvalue weighted by Crippen LogP contribution is 2.21. The highest BCUT2D eigenvalue weighted by Gasteiger charge is 2.27. The van der Waals surface area contributed by atoms with Crippen molar-refractivity contribution in [3.8, 4) is 5.75 Å². The topological polar surface area (TPSA) is 38.5 Å². The monoisotopic (exact) mass is 264 g/mol. The summed E-state index contributed by atoms with van der Waals surface area (Å²) in [6, 6.07) is 8.31. The SMILES string of the molecule is CCN(CC)C(C)(CN)CCc1ccc(OC)cc1.